The fourth-order valence-electron chi connectivity index (χ4n) is 3.79. The Kier molecular flexibility index (Phi) is 6.15. The van der Waals surface area contributed by atoms with Crippen molar-refractivity contribution in [3.8, 4) is 5.75 Å². The number of aromatic hydroxyl groups is 1. The van der Waals surface area contributed by atoms with Crippen molar-refractivity contribution in [3.05, 3.63) is 24.3 Å². The number of piperidine rings is 1. The van der Waals surface area contributed by atoms with Crippen molar-refractivity contribution >= 4 is 11.6 Å². The molecule has 0 aromatic heterocycles. The Bertz CT molecular complexity index is 556. The molecule has 1 unspecified atom stereocenters. The Labute approximate surface area is 150 Å². The number of nitrogens with zero attached hydrogens (tertiary/aromatic N) is 3. The van der Waals surface area contributed by atoms with Crippen molar-refractivity contribution in [1.82, 2.24) is 9.80 Å². The number of ether oxygens (including phenoxy) is 1. The first kappa shape index (κ1) is 18.0. The van der Waals surface area contributed by atoms with Gasteiger partial charge in [0.2, 0.25) is 5.91 Å². The third-order valence-corrected chi connectivity index (χ3v) is 5.27. The summed E-state index contributed by atoms with van der Waals surface area (Å²) in [5.41, 5.74) is 1.10. The average molecular weight is 347 g/mol. The van der Waals surface area contributed by atoms with Gasteiger partial charge in [-0.1, -0.05) is 0 Å². The first-order chi connectivity index (χ1) is 12.2. The van der Waals surface area contributed by atoms with Crippen LogP contribution in [0.3, 0.4) is 0 Å². The number of rotatable bonds is 5. The van der Waals surface area contributed by atoms with Crippen LogP contribution in [0.1, 0.15) is 12.8 Å². The molecular formula is C19H29N3O3. The van der Waals surface area contributed by atoms with E-state index in [2.05, 4.69) is 9.80 Å². The van der Waals surface area contributed by atoms with Gasteiger partial charge in [0.1, 0.15) is 5.75 Å². The van der Waals surface area contributed by atoms with E-state index in [1.54, 1.807) is 19.2 Å². The lowest BCUT2D eigenvalue weighted by Gasteiger charge is -2.39. The molecule has 0 saturated carbocycles. The fraction of sp³-hybridized carbons (Fsp3) is 0.632. The Morgan fingerprint density at radius 3 is 2.56 bits per heavy atom. The van der Waals surface area contributed by atoms with Crippen molar-refractivity contribution < 1.29 is 14.6 Å². The molecule has 1 atom stereocenters. The van der Waals surface area contributed by atoms with Gasteiger partial charge in [-0.3, -0.25) is 4.79 Å². The molecule has 2 aliphatic heterocycles. The molecule has 2 fully saturated rings. The van der Waals surface area contributed by atoms with Crippen LogP contribution in [0.15, 0.2) is 24.3 Å². The minimum Gasteiger partial charge on any atom is -0.508 e. The van der Waals surface area contributed by atoms with E-state index in [-0.39, 0.29) is 11.7 Å². The standard InChI is InChI=1S/C19H29N3O3/c1-25-14-13-20-8-2-3-16(15-20)19(24)22-11-9-21(10-12-22)17-4-6-18(23)7-5-17/h4-7,16,23H,2-3,8-15H2,1H3. The third kappa shape index (κ3) is 4.64. The van der Waals surface area contributed by atoms with Gasteiger partial charge in [0.15, 0.2) is 0 Å². The number of phenolic OH excluding ortho intramolecular Hbond substituents is 1. The number of hydrogen-bond donors (Lipinski definition) is 1. The Balaban J connectivity index is 1.50. The van der Waals surface area contributed by atoms with Crippen LogP contribution >= 0.6 is 0 Å². The molecule has 0 spiro atoms. The van der Waals surface area contributed by atoms with Crippen molar-refractivity contribution in [2.24, 2.45) is 5.92 Å². The highest BCUT2D eigenvalue weighted by Gasteiger charge is 2.30. The van der Waals surface area contributed by atoms with E-state index in [0.717, 1.165) is 70.9 Å². The number of likely N-dealkylation sites (tertiary alicyclic amines) is 1. The Hall–Kier alpha value is -1.79. The summed E-state index contributed by atoms with van der Waals surface area (Å²) in [6.45, 7) is 6.80. The van der Waals surface area contributed by atoms with Crippen molar-refractivity contribution in [1.29, 1.82) is 0 Å². The van der Waals surface area contributed by atoms with E-state index in [9.17, 15) is 9.90 Å². The van der Waals surface area contributed by atoms with Crippen molar-refractivity contribution in [2.45, 2.75) is 12.8 Å². The summed E-state index contributed by atoms with van der Waals surface area (Å²) < 4.78 is 5.16. The quantitative estimate of drug-likeness (QED) is 0.873. The highest BCUT2D eigenvalue weighted by Crippen LogP contribution is 2.22. The fourth-order valence-corrected chi connectivity index (χ4v) is 3.79. The lowest BCUT2D eigenvalue weighted by Crippen LogP contribution is -2.52. The number of hydrogen-bond acceptors (Lipinski definition) is 5. The second kappa shape index (κ2) is 8.54. The molecule has 1 aromatic carbocycles. The van der Waals surface area contributed by atoms with Gasteiger partial charge in [-0.25, -0.2) is 0 Å². The van der Waals surface area contributed by atoms with Crippen LogP contribution < -0.4 is 4.90 Å². The zero-order valence-electron chi connectivity index (χ0n) is 15.1. The summed E-state index contributed by atoms with van der Waals surface area (Å²) in [5.74, 6) is 0.728. The maximum absolute atomic E-state index is 12.9. The lowest BCUT2D eigenvalue weighted by atomic mass is 9.96. The predicted molar refractivity (Wildman–Crippen MR) is 97.9 cm³/mol. The topological polar surface area (TPSA) is 56.2 Å². The largest absolute Gasteiger partial charge is 0.508 e. The van der Waals surface area contributed by atoms with Gasteiger partial charge in [0, 0.05) is 52.1 Å². The molecule has 0 radical (unpaired) electrons. The maximum atomic E-state index is 12.9. The molecule has 6 nitrogen and oxygen atoms in total. The number of methoxy groups -OCH3 is 1. The normalized spacial score (nSPS) is 22.2. The molecule has 2 saturated heterocycles. The summed E-state index contributed by atoms with van der Waals surface area (Å²) in [6, 6.07) is 7.29. The minimum atomic E-state index is 0.130. The zero-order chi connectivity index (χ0) is 17.6. The number of carbonyl (C=O) groups is 1. The van der Waals surface area contributed by atoms with Gasteiger partial charge in [-0.15, -0.1) is 0 Å². The van der Waals surface area contributed by atoms with Gasteiger partial charge < -0.3 is 24.5 Å². The van der Waals surface area contributed by atoms with Crippen LogP contribution in [0.5, 0.6) is 5.75 Å². The second-order valence-corrected chi connectivity index (χ2v) is 6.96. The van der Waals surface area contributed by atoms with Crippen LogP contribution in [0.2, 0.25) is 0 Å². The van der Waals surface area contributed by atoms with E-state index in [0.29, 0.717) is 5.91 Å². The van der Waals surface area contributed by atoms with E-state index in [1.807, 2.05) is 17.0 Å². The van der Waals surface area contributed by atoms with Crippen LogP contribution in [0.4, 0.5) is 5.69 Å². The van der Waals surface area contributed by atoms with Gasteiger partial charge in [0.05, 0.1) is 12.5 Å². The summed E-state index contributed by atoms with van der Waals surface area (Å²) >= 11 is 0. The monoisotopic (exact) mass is 347 g/mol. The molecule has 1 N–H and O–H groups in total. The third-order valence-electron chi connectivity index (χ3n) is 5.27. The van der Waals surface area contributed by atoms with Crippen LogP contribution in [-0.4, -0.2) is 80.3 Å². The average Bonchev–Trinajstić information content (AvgIpc) is 2.67. The van der Waals surface area contributed by atoms with E-state index in [4.69, 9.17) is 4.74 Å². The molecule has 0 bridgehead atoms. The first-order valence-corrected chi connectivity index (χ1v) is 9.21. The number of carbonyl (C=O) groups excluding carboxylic acids is 1. The smallest absolute Gasteiger partial charge is 0.227 e. The number of piperazine rings is 1. The molecule has 138 valence electrons. The Morgan fingerprint density at radius 2 is 1.88 bits per heavy atom. The lowest BCUT2D eigenvalue weighted by molar-refractivity contribution is -0.137. The Morgan fingerprint density at radius 1 is 1.16 bits per heavy atom. The molecule has 0 aliphatic carbocycles. The first-order valence-electron chi connectivity index (χ1n) is 9.21. The molecule has 2 heterocycles. The van der Waals surface area contributed by atoms with Crippen LogP contribution in [-0.2, 0) is 9.53 Å². The zero-order valence-corrected chi connectivity index (χ0v) is 15.1. The predicted octanol–water partition coefficient (Wildman–Crippen LogP) is 1.40. The summed E-state index contributed by atoms with van der Waals surface area (Å²) in [5, 5.41) is 9.41. The SMILES string of the molecule is COCCN1CCCC(C(=O)N2CCN(c3ccc(O)cc3)CC2)C1. The molecule has 3 rings (SSSR count). The highest BCUT2D eigenvalue weighted by atomic mass is 16.5. The van der Waals surface area contributed by atoms with Crippen LogP contribution in [0, 0.1) is 5.92 Å². The van der Waals surface area contributed by atoms with Gasteiger partial charge in [0.25, 0.3) is 0 Å². The molecule has 1 amide bonds. The number of phenols is 1. The van der Waals surface area contributed by atoms with E-state index >= 15 is 0 Å². The maximum Gasteiger partial charge on any atom is 0.227 e. The highest BCUT2D eigenvalue weighted by molar-refractivity contribution is 5.79. The minimum absolute atomic E-state index is 0.130. The van der Waals surface area contributed by atoms with E-state index in [1.165, 1.54) is 0 Å². The molecule has 2 aliphatic rings. The summed E-state index contributed by atoms with van der Waals surface area (Å²) in [6.07, 6.45) is 2.09. The molecule has 1 aromatic rings. The number of anilines is 1. The van der Waals surface area contributed by atoms with Gasteiger partial charge >= 0.3 is 0 Å². The number of amides is 1. The molecular weight excluding hydrogens is 318 g/mol. The second-order valence-electron chi connectivity index (χ2n) is 6.96. The molecule has 6 heteroatoms. The number of benzene rings is 1. The summed E-state index contributed by atoms with van der Waals surface area (Å²) in [7, 11) is 1.72. The van der Waals surface area contributed by atoms with Crippen molar-refractivity contribution in [2.75, 3.05) is 64.4 Å². The molecule has 25 heavy (non-hydrogen) atoms. The van der Waals surface area contributed by atoms with Gasteiger partial charge in [-0.05, 0) is 43.7 Å². The van der Waals surface area contributed by atoms with E-state index < -0.39 is 0 Å². The van der Waals surface area contributed by atoms with Gasteiger partial charge in [-0.2, -0.15) is 0 Å². The van der Waals surface area contributed by atoms with Crippen molar-refractivity contribution in [3.63, 3.8) is 0 Å². The van der Waals surface area contributed by atoms with Crippen LogP contribution in [0.25, 0.3) is 0 Å². The summed E-state index contributed by atoms with van der Waals surface area (Å²) in [4.78, 5) is 19.5.